The van der Waals surface area contributed by atoms with Gasteiger partial charge in [0.15, 0.2) is 0 Å². The molecule has 0 fully saturated rings. The van der Waals surface area contributed by atoms with Crippen LogP contribution in [0.15, 0.2) is 28.0 Å². The molecule has 0 unspecified atom stereocenters. The van der Waals surface area contributed by atoms with Gasteiger partial charge in [-0.05, 0) is 12.5 Å². The first-order valence-corrected chi connectivity index (χ1v) is 5.50. The van der Waals surface area contributed by atoms with E-state index in [1.54, 1.807) is 19.6 Å². The summed E-state index contributed by atoms with van der Waals surface area (Å²) in [6.07, 6.45) is 4.23. The van der Waals surface area contributed by atoms with Crippen molar-refractivity contribution in [1.82, 2.24) is 10.3 Å². The molecule has 0 aliphatic carbocycles. The number of hydrogen-bond acceptors (Lipinski definition) is 4. The fourth-order valence-corrected chi connectivity index (χ4v) is 1.40. The minimum atomic E-state index is 0.655. The normalized spacial score (nSPS) is 11.6. The van der Waals surface area contributed by atoms with E-state index in [0.29, 0.717) is 25.7 Å². The van der Waals surface area contributed by atoms with E-state index in [1.807, 2.05) is 18.0 Å². The van der Waals surface area contributed by atoms with Crippen LogP contribution in [0, 0.1) is 0 Å². The van der Waals surface area contributed by atoms with Crippen LogP contribution < -0.4 is 11.3 Å². The van der Waals surface area contributed by atoms with Crippen LogP contribution in [-0.4, -0.2) is 38.2 Å². The van der Waals surface area contributed by atoms with Gasteiger partial charge in [0, 0.05) is 39.4 Å². The zero-order valence-electron chi connectivity index (χ0n) is 10.3. The number of aliphatic imine (C=N–C) groups is 1. The SMILES string of the molecule is COCCCN=C(NN)N(C)Cc1ccoc1. The van der Waals surface area contributed by atoms with Gasteiger partial charge in [-0.15, -0.1) is 0 Å². The third-order valence-corrected chi connectivity index (χ3v) is 2.26. The Balaban J connectivity index is 2.42. The van der Waals surface area contributed by atoms with E-state index in [4.69, 9.17) is 15.0 Å². The van der Waals surface area contributed by atoms with Gasteiger partial charge in [-0.25, -0.2) is 5.84 Å². The van der Waals surface area contributed by atoms with Crippen LogP contribution in [0.25, 0.3) is 0 Å². The third-order valence-electron chi connectivity index (χ3n) is 2.26. The Hall–Kier alpha value is -1.53. The molecule has 3 N–H and O–H groups in total. The van der Waals surface area contributed by atoms with E-state index < -0.39 is 0 Å². The number of methoxy groups -OCH3 is 1. The number of rotatable bonds is 6. The van der Waals surface area contributed by atoms with Crippen molar-refractivity contribution in [2.75, 3.05) is 27.3 Å². The maximum Gasteiger partial charge on any atom is 0.208 e. The molecule has 0 bridgehead atoms. The van der Waals surface area contributed by atoms with Gasteiger partial charge in [0.2, 0.25) is 5.96 Å². The summed E-state index contributed by atoms with van der Waals surface area (Å²) in [6, 6.07) is 1.91. The molecule has 0 spiro atoms. The van der Waals surface area contributed by atoms with Crippen molar-refractivity contribution in [3.63, 3.8) is 0 Å². The highest BCUT2D eigenvalue weighted by Crippen LogP contribution is 2.03. The average Bonchev–Trinajstić information content (AvgIpc) is 2.82. The van der Waals surface area contributed by atoms with Gasteiger partial charge in [0.1, 0.15) is 0 Å². The van der Waals surface area contributed by atoms with Crippen molar-refractivity contribution >= 4 is 5.96 Å². The van der Waals surface area contributed by atoms with Crippen LogP contribution in [0.1, 0.15) is 12.0 Å². The second kappa shape index (κ2) is 7.70. The molecule has 0 aliphatic heterocycles. The molecule has 6 heteroatoms. The van der Waals surface area contributed by atoms with E-state index in [1.165, 1.54) is 0 Å². The summed E-state index contributed by atoms with van der Waals surface area (Å²) in [6.45, 7) is 2.08. The Morgan fingerprint density at radius 1 is 1.65 bits per heavy atom. The minimum absolute atomic E-state index is 0.655. The largest absolute Gasteiger partial charge is 0.472 e. The summed E-state index contributed by atoms with van der Waals surface area (Å²) in [4.78, 5) is 6.28. The Kier molecular flexibility index (Phi) is 6.13. The van der Waals surface area contributed by atoms with Gasteiger partial charge in [-0.3, -0.25) is 10.4 Å². The van der Waals surface area contributed by atoms with Crippen molar-refractivity contribution in [2.24, 2.45) is 10.8 Å². The number of hydrazine groups is 1. The highest BCUT2D eigenvalue weighted by atomic mass is 16.5. The highest BCUT2D eigenvalue weighted by molar-refractivity contribution is 5.79. The Morgan fingerprint density at radius 3 is 3.06 bits per heavy atom. The minimum Gasteiger partial charge on any atom is -0.472 e. The average molecular weight is 240 g/mol. The molecule has 96 valence electrons. The Morgan fingerprint density at radius 2 is 2.47 bits per heavy atom. The smallest absolute Gasteiger partial charge is 0.208 e. The number of ether oxygens (including phenoxy) is 1. The summed E-state index contributed by atoms with van der Waals surface area (Å²) < 4.78 is 9.96. The highest BCUT2D eigenvalue weighted by Gasteiger charge is 2.05. The molecule has 0 aromatic carbocycles. The summed E-state index contributed by atoms with van der Waals surface area (Å²) >= 11 is 0. The van der Waals surface area contributed by atoms with Gasteiger partial charge in [-0.2, -0.15) is 0 Å². The lowest BCUT2D eigenvalue weighted by Crippen LogP contribution is -2.42. The second-order valence-corrected chi connectivity index (χ2v) is 3.68. The molecule has 1 aromatic rings. The number of hydrogen-bond donors (Lipinski definition) is 2. The number of nitrogens with two attached hydrogens (primary N) is 1. The van der Waals surface area contributed by atoms with Gasteiger partial charge in [0.25, 0.3) is 0 Å². The van der Waals surface area contributed by atoms with Crippen LogP contribution >= 0.6 is 0 Å². The van der Waals surface area contributed by atoms with Crippen molar-refractivity contribution in [3.8, 4) is 0 Å². The van der Waals surface area contributed by atoms with Crippen LogP contribution in [-0.2, 0) is 11.3 Å². The lowest BCUT2D eigenvalue weighted by atomic mass is 10.3. The summed E-state index contributed by atoms with van der Waals surface area (Å²) in [5.41, 5.74) is 3.67. The van der Waals surface area contributed by atoms with Crippen molar-refractivity contribution in [2.45, 2.75) is 13.0 Å². The fraction of sp³-hybridized carbons (Fsp3) is 0.545. The summed E-state index contributed by atoms with van der Waals surface area (Å²) in [5.74, 6) is 6.10. The molecule has 6 nitrogen and oxygen atoms in total. The van der Waals surface area contributed by atoms with Crippen molar-refractivity contribution in [3.05, 3.63) is 24.2 Å². The number of nitrogens with zero attached hydrogens (tertiary/aromatic N) is 2. The topological polar surface area (TPSA) is 76.0 Å². The van der Waals surface area contributed by atoms with Gasteiger partial charge in [-0.1, -0.05) is 0 Å². The maximum atomic E-state index is 5.44. The molecule has 0 saturated heterocycles. The van der Waals surface area contributed by atoms with Crippen LogP contribution in [0.5, 0.6) is 0 Å². The summed E-state index contributed by atoms with van der Waals surface area (Å²) in [7, 11) is 3.60. The van der Waals surface area contributed by atoms with Crippen molar-refractivity contribution in [1.29, 1.82) is 0 Å². The predicted molar refractivity (Wildman–Crippen MR) is 66.3 cm³/mol. The van der Waals surface area contributed by atoms with Gasteiger partial charge >= 0.3 is 0 Å². The quantitative estimate of drug-likeness (QED) is 0.250. The first kappa shape index (κ1) is 13.5. The molecule has 1 aromatic heterocycles. The lowest BCUT2D eigenvalue weighted by Gasteiger charge is -2.19. The maximum absolute atomic E-state index is 5.44. The predicted octanol–water partition coefficient (Wildman–Crippen LogP) is 0.567. The Labute approximate surface area is 101 Å². The van der Waals surface area contributed by atoms with E-state index in [0.717, 1.165) is 12.0 Å². The lowest BCUT2D eigenvalue weighted by molar-refractivity contribution is 0.197. The van der Waals surface area contributed by atoms with Gasteiger partial charge in [0.05, 0.1) is 12.5 Å². The molecule has 0 radical (unpaired) electrons. The third kappa shape index (κ3) is 4.88. The zero-order chi connectivity index (χ0) is 12.5. The Bertz CT molecular complexity index is 324. The van der Waals surface area contributed by atoms with E-state index >= 15 is 0 Å². The zero-order valence-corrected chi connectivity index (χ0v) is 10.3. The van der Waals surface area contributed by atoms with Crippen LogP contribution in [0.3, 0.4) is 0 Å². The van der Waals surface area contributed by atoms with Crippen molar-refractivity contribution < 1.29 is 9.15 Å². The first-order valence-electron chi connectivity index (χ1n) is 5.50. The molecule has 17 heavy (non-hydrogen) atoms. The monoisotopic (exact) mass is 240 g/mol. The standard InChI is InChI=1S/C11H20N4O2/c1-15(8-10-4-7-17-9-10)11(14-12)13-5-3-6-16-2/h4,7,9H,3,5-6,8,12H2,1-2H3,(H,13,14). The van der Waals surface area contributed by atoms with E-state index in [-0.39, 0.29) is 0 Å². The molecular formula is C11H20N4O2. The number of nitrogens with one attached hydrogen (secondary N) is 1. The van der Waals surface area contributed by atoms with Gasteiger partial charge < -0.3 is 14.1 Å². The molecule has 0 amide bonds. The first-order chi connectivity index (χ1) is 8.27. The molecule has 1 rings (SSSR count). The van der Waals surface area contributed by atoms with E-state index in [9.17, 15) is 0 Å². The summed E-state index contributed by atoms with van der Waals surface area (Å²) in [5, 5.41) is 0. The second-order valence-electron chi connectivity index (χ2n) is 3.68. The molecule has 0 atom stereocenters. The number of guanidine groups is 1. The molecule has 0 saturated carbocycles. The molecule has 1 heterocycles. The fourth-order valence-electron chi connectivity index (χ4n) is 1.40. The van der Waals surface area contributed by atoms with E-state index in [2.05, 4.69) is 10.4 Å². The molecular weight excluding hydrogens is 220 g/mol. The van der Waals surface area contributed by atoms with Crippen LogP contribution in [0.4, 0.5) is 0 Å². The van der Waals surface area contributed by atoms with Crippen LogP contribution in [0.2, 0.25) is 0 Å². The number of furan rings is 1. The molecule has 0 aliphatic rings.